The summed E-state index contributed by atoms with van der Waals surface area (Å²) in [6.45, 7) is 5.87. The predicted octanol–water partition coefficient (Wildman–Crippen LogP) is 1.53. The number of para-hydroxylation sites is 1. The third kappa shape index (κ3) is 4.27. The van der Waals surface area contributed by atoms with E-state index in [1.165, 1.54) is 6.92 Å². The highest BCUT2D eigenvalue weighted by Crippen LogP contribution is 2.22. The van der Waals surface area contributed by atoms with Gasteiger partial charge in [0.05, 0.1) is 17.9 Å². The molecule has 0 aliphatic carbocycles. The Morgan fingerprint density at radius 1 is 1.33 bits per heavy atom. The van der Waals surface area contributed by atoms with Crippen LogP contribution in [0.3, 0.4) is 0 Å². The Balaban J connectivity index is 1.96. The van der Waals surface area contributed by atoms with E-state index in [1.54, 1.807) is 24.3 Å². The summed E-state index contributed by atoms with van der Waals surface area (Å²) in [5, 5.41) is 5.44. The molecule has 1 unspecified atom stereocenters. The van der Waals surface area contributed by atoms with E-state index in [0.717, 1.165) is 0 Å². The number of rotatable bonds is 4. The van der Waals surface area contributed by atoms with Gasteiger partial charge >= 0.3 is 0 Å². The van der Waals surface area contributed by atoms with Crippen molar-refractivity contribution >= 4 is 17.5 Å². The quantitative estimate of drug-likeness (QED) is 0.882. The minimum absolute atomic E-state index is 0.170. The molecule has 6 nitrogen and oxygen atoms in total. The Morgan fingerprint density at radius 3 is 2.67 bits per heavy atom. The molecular weight excluding hydrogens is 272 g/mol. The Morgan fingerprint density at radius 2 is 2.05 bits per heavy atom. The second kappa shape index (κ2) is 6.24. The van der Waals surface area contributed by atoms with Gasteiger partial charge < -0.3 is 20.1 Å². The van der Waals surface area contributed by atoms with Gasteiger partial charge in [-0.3, -0.25) is 9.59 Å². The minimum Gasteiger partial charge on any atom is -0.349 e. The van der Waals surface area contributed by atoms with Gasteiger partial charge in [-0.2, -0.15) is 0 Å². The molecule has 1 fully saturated rings. The van der Waals surface area contributed by atoms with Crippen molar-refractivity contribution in [3.8, 4) is 0 Å². The van der Waals surface area contributed by atoms with Crippen molar-refractivity contribution in [2.24, 2.45) is 0 Å². The fourth-order valence-electron chi connectivity index (χ4n) is 2.15. The van der Waals surface area contributed by atoms with E-state index in [4.69, 9.17) is 9.47 Å². The summed E-state index contributed by atoms with van der Waals surface area (Å²) in [6.07, 6.45) is -0.170. The van der Waals surface area contributed by atoms with Crippen molar-refractivity contribution in [2.75, 3.05) is 18.5 Å². The van der Waals surface area contributed by atoms with Crippen molar-refractivity contribution in [3.05, 3.63) is 29.8 Å². The Kier molecular flexibility index (Phi) is 4.59. The van der Waals surface area contributed by atoms with Gasteiger partial charge in [0.1, 0.15) is 6.10 Å². The molecule has 2 rings (SSSR count). The topological polar surface area (TPSA) is 76.7 Å². The average molecular weight is 292 g/mol. The first-order chi connectivity index (χ1) is 9.87. The van der Waals surface area contributed by atoms with Crippen LogP contribution >= 0.6 is 0 Å². The molecule has 0 radical (unpaired) electrons. The monoisotopic (exact) mass is 292 g/mol. The summed E-state index contributed by atoms with van der Waals surface area (Å²) in [6, 6.07) is 6.86. The zero-order chi connectivity index (χ0) is 15.5. The number of nitrogens with one attached hydrogen (secondary N) is 2. The molecule has 0 bridgehead atoms. The van der Waals surface area contributed by atoms with Crippen molar-refractivity contribution < 1.29 is 19.1 Å². The summed E-state index contributed by atoms with van der Waals surface area (Å²) in [5.74, 6) is -1.08. The van der Waals surface area contributed by atoms with Gasteiger partial charge in [-0.25, -0.2) is 0 Å². The van der Waals surface area contributed by atoms with Crippen molar-refractivity contribution in [2.45, 2.75) is 32.7 Å². The molecule has 114 valence electrons. The van der Waals surface area contributed by atoms with Crippen LogP contribution in [0.1, 0.15) is 31.1 Å². The lowest BCUT2D eigenvalue weighted by Gasteiger charge is -2.17. The zero-order valence-electron chi connectivity index (χ0n) is 12.4. The van der Waals surface area contributed by atoms with Crippen LogP contribution in [0.15, 0.2) is 24.3 Å². The smallest absolute Gasteiger partial charge is 0.253 e. The number of carbonyl (C=O) groups excluding carboxylic acids is 2. The first-order valence-electron chi connectivity index (χ1n) is 6.84. The highest BCUT2D eigenvalue weighted by atomic mass is 16.7. The number of anilines is 1. The molecule has 1 heterocycles. The third-order valence-corrected chi connectivity index (χ3v) is 3.04. The normalized spacial score (nSPS) is 20.0. The standard InChI is InChI=1S/C15H20N2O4/c1-10(18)17-13-7-5-4-6-12(13)14(19)16-8-11-9-20-15(2,3)21-11/h4-7,11H,8-9H2,1-3H3,(H,16,19)(H,17,18). The maximum atomic E-state index is 12.2. The number of hydrogen-bond acceptors (Lipinski definition) is 4. The van der Waals surface area contributed by atoms with Crippen LogP contribution in [-0.4, -0.2) is 36.9 Å². The van der Waals surface area contributed by atoms with Crippen LogP contribution < -0.4 is 10.6 Å². The molecule has 0 saturated carbocycles. The minimum atomic E-state index is -0.608. The third-order valence-electron chi connectivity index (χ3n) is 3.04. The molecule has 2 amide bonds. The SMILES string of the molecule is CC(=O)Nc1ccccc1C(=O)NCC1COC(C)(C)O1. The predicted molar refractivity (Wildman–Crippen MR) is 78.0 cm³/mol. The number of hydrogen-bond donors (Lipinski definition) is 2. The van der Waals surface area contributed by atoms with Gasteiger partial charge in [0, 0.05) is 13.5 Å². The number of benzene rings is 1. The van der Waals surface area contributed by atoms with Crippen LogP contribution in [0.2, 0.25) is 0 Å². The lowest BCUT2D eigenvalue weighted by molar-refractivity contribution is -0.137. The summed E-state index contributed by atoms with van der Waals surface area (Å²) in [4.78, 5) is 23.4. The molecule has 1 saturated heterocycles. The highest BCUT2D eigenvalue weighted by molar-refractivity contribution is 6.03. The number of amides is 2. The lowest BCUT2D eigenvalue weighted by atomic mass is 10.1. The van der Waals surface area contributed by atoms with E-state index in [2.05, 4.69) is 10.6 Å². The first-order valence-corrected chi connectivity index (χ1v) is 6.84. The van der Waals surface area contributed by atoms with E-state index >= 15 is 0 Å². The summed E-state index contributed by atoms with van der Waals surface area (Å²) >= 11 is 0. The van der Waals surface area contributed by atoms with Gasteiger partial charge in [0.2, 0.25) is 5.91 Å². The van der Waals surface area contributed by atoms with Crippen LogP contribution in [0, 0.1) is 0 Å². The first kappa shape index (κ1) is 15.5. The summed E-state index contributed by atoms with van der Waals surface area (Å²) in [7, 11) is 0. The average Bonchev–Trinajstić information content (AvgIpc) is 2.75. The van der Waals surface area contributed by atoms with Crippen molar-refractivity contribution in [1.29, 1.82) is 0 Å². The highest BCUT2D eigenvalue weighted by Gasteiger charge is 2.32. The molecule has 1 aliphatic heterocycles. The largest absolute Gasteiger partial charge is 0.349 e. The summed E-state index contributed by atoms with van der Waals surface area (Å²) < 4.78 is 11.1. The fraction of sp³-hybridized carbons (Fsp3) is 0.467. The van der Waals surface area contributed by atoms with E-state index in [0.29, 0.717) is 24.4 Å². The molecular formula is C15H20N2O4. The van der Waals surface area contributed by atoms with Gasteiger partial charge in [-0.15, -0.1) is 0 Å². The molecule has 6 heteroatoms. The molecule has 0 aromatic heterocycles. The van der Waals surface area contributed by atoms with Crippen molar-refractivity contribution in [3.63, 3.8) is 0 Å². The second-order valence-electron chi connectivity index (χ2n) is 5.39. The van der Waals surface area contributed by atoms with Gasteiger partial charge in [-0.1, -0.05) is 12.1 Å². The molecule has 1 aliphatic rings. The van der Waals surface area contributed by atoms with Crippen LogP contribution in [-0.2, 0) is 14.3 Å². The van der Waals surface area contributed by atoms with E-state index < -0.39 is 5.79 Å². The van der Waals surface area contributed by atoms with Gasteiger partial charge in [0.15, 0.2) is 5.79 Å². The second-order valence-corrected chi connectivity index (χ2v) is 5.39. The van der Waals surface area contributed by atoms with Crippen molar-refractivity contribution in [1.82, 2.24) is 5.32 Å². The summed E-state index contributed by atoms with van der Waals surface area (Å²) in [5.41, 5.74) is 0.914. The molecule has 1 aromatic rings. The molecule has 21 heavy (non-hydrogen) atoms. The van der Waals surface area contributed by atoms with Crippen LogP contribution in [0.4, 0.5) is 5.69 Å². The Labute approximate surface area is 123 Å². The van der Waals surface area contributed by atoms with E-state index in [-0.39, 0.29) is 17.9 Å². The number of carbonyl (C=O) groups is 2. The fourth-order valence-corrected chi connectivity index (χ4v) is 2.15. The van der Waals surface area contributed by atoms with Crippen LogP contribution in [0.25, 0.3) is 0 Å². The van der Waals surface area contributed by atoms with Gasteiger partial charge in [0.25, 0.3) is 5.91 Å². The Hall–Kier alpha value is -1.92. The number of ether oxygens (including phenoxy) is 2. The van der Waals surface area contributed by atoms with Gasteiger partial charge in [-0.05, 0) is 26.0 Å². The zero-order valence-corrected chi connectivity index (χ0v) is 12.4. The maximum absolute atomic E-state index is 12.2. The van der Waals surface area contributed by atoms with E-state index in [9.17, 15) is 9.59 Å². The van der Waals surface area contributed by atoms with Crippen LogP contribution in [0.5, 0.6) is 0 Å². The maximum Gasteiger partial charge on any atom is 0.253 e. The molecule has 0 spiro atoms. The van der Waals surface area contributed by atoms with E-state index in [1.807, 2.05) is 13.8 Å². The lowest BCUT2D eigenvalue weighted by Crippen LogP contribution is -2.34. The Bertz CT molecular complexity index is 542. The molecule has 2 N–H and O–H groups in total. The molecule has 1 aromatic carbocycles. The molecule has 1 atom stereocenters.